The fourth-order valence-electron chi connectivity index (χ4n) is 3.34. The summed E-state index contributed by atoms with van der Waals surface area (Å²) in [6.45, 7) is 1.41. The van der Waals surface area contributed by atoms with E-state index in [0.29, 0.717) is 19.8 Å². The lowest BCUT2D eigenvalue weighted by molar-refractivity contribution is 0.0697. The molecule has 152 valence electrons. The number of ether oxygens (including phenoxy) is 2. The van der Waals surface area contributed by atoms with E-state index in [-0.39, 0.29) is 5.56 Å². The standard InChI is InChI=1S/C24H22N2O4/c1-29-16-23-25-21-12-9-19(24(27)28)13-22(21)26(23)14-17-7-10-20(11-8-17)30-15-18-5-3-2-4-6-18/h2-13H,14-16H2,1H3,(H,27,28). The molecule has 0 aliphatic carbocycles. The first-order valence-corrected chi connectivity index (χ1v) is 9.61. The molecule has 4 aromatic rings. The molecule has 0 atom stereocenters. The number of carboxylic acids is 1. The van der Waals surface area contributed by atoms with Gasteiger partial charge >= 0.3 is 5.97 Å². The van der Waals surface area contributed by atoms with Crippen molar-refractivity contribution in [3.05, 3.63) is 95.3 Å². The molecule has 0 spiro atoms. The average molecular weight is 402 g/mol. The molecule has 1 aromatic heterocycles. The van der Waals surface area contributed by atoms with E-state index < -0.39 is 5.97 Å². The van der Waals surface area contributed by atoms with Crippen molar-refractivity contribution in [1.82, 2.24) is 9.55 Å². The highest BCUT2D eigenvalue weighted by Gasteiger charge is 2.14. The first kappa shape index (κ1) is 19.7. The van der Waals surface area contributed by atoms with Crippen LogP contribution in [-0.2, 0) is 24.5 Å². The number of fused-ring (bicyclic) bond motifs is 1. The van der Waals surface area contributed by atoms with Crippen LogP contribution < -0.4 is 4.74 Å². The van der Waals surface area contributed by atoms with Crippen molar-refractivity contribution in [2.24, 2.45) is 0 Å². The zero-order valence-corrected chi connectivity index (χ0v) is 16.6. The summed E-state index contributed by atoms with van der Waals surface area (Å²) in [5, 5.41) is 9.33. The van der Waals surface area contributed by atoms with Crippen LogP contribution in [0.4, 0.5) is 0 Å². The molecule has 0 aliphatic rings. The Morgan fingerprint density at radius 2 is 1.73 bits per heavy atom. The van der Waals surface area contributed by atoms with Gasteiger partial charge in [-0.05, 0) is 41.5 Å². The topological polar surface area (TPSA) is 73.6 Å². The zero-order valence-electron chi connectivity index (χ0n) is 16.6. The van der Waals surface area contributed by atoms with E-state index in [0.717, 1.165) is 33.7 Å². The van der Waals surface area contributed by atoms with Gasteiger partial charge in [0, 0.05) is 13.7 Å². The maximum absolute atomic E-state index is 11.4. The molecule has 4 rings (SSSR count). The van der Waals surface area contributed by atoms with Crippen molar-refractivity contribution in [3.63, 3.8) is 0 Å². The lowest BCUT2D eigenvalue weighted by Crippen LogP contribution is -2.07. The number of aromatic nitrogens is 2. The van der Waals surface area contributed by atoms with Gasteiger partial charge < -0.3 is 19.1 Å². The van der Waals surface area contributed by atoms with E-state index in [4.69, 9.17) is 9.47 Å². The summed E-state index contributed by atoms with van der Waals surface area (Å²) in [5.41, 5.74) is 3.92. The van der Waals surface area contributed by atoms with Crippen molar-refractivity contribution in [1.29, 1.82) is 0 Å². The smallest absolute Gasteiger partial charge is 0.335 e. The van der Waals surface area contributed by atoms with Gasteiger partial charge in [0.25, 0.3) is 0 Å². The summed E-state index contributed by atoms with van der Waals surface area (Å²) in [6, 6.07) is 22.9. The number of methoxy groups -OCH3 is 1. The van der Waals surface area contributed by atoms with E-state index in [9.17, 15) is 9.90 Å². The molecule has 30 heavy (non-hydrogen) atoms. The van der Waals surface area contributed by atoms with Crippen LogP contribution in [0.1, 0.15) is 27.3 Å². The fraction of sp³-hybridized carbons (Fsp3) is 0.167. The molecule has 3 aromatic carbocycles. The highest BCUT2D eigenvalue weighted by Crippen LogP contribution is 2.22. The number of hydrogen-bond acceptors (Lipinski definition) is 4. The van der Waals surface area contributed by atoms with Gasteiger partial charge in [-0.25, -0.2) is 9.78 Å². The van der Waals surface area contributed by atoms with E-state index in [1.807, 2.05) is 59.2 Å². The average Bonchev–Trinajstić information content (AvgIpc) is 3.10. The summed E-state index contributed by atoms with van der Waals surface area (Å²) in [4.78, 5) is 16.0. The van der Waals surface area contributed by atoms with E-state index in [1.54, 1.807) is 25.3 Å². The third-order valence-electron chi connectivity index (χ3n) is 4.86. The van der Waals surface area contributed by atoms with E-state index >= 15 is 0 Å². The molecule has 0 radical (unpaired) electrons. The second kappa shape index (κ2) is 8.80. The van der Waals surface area contributed by atoms with Gasteiger partial charge in [0.2, 0.25) is 0 Å². The van der Waals surface area contributed by atoms with Crippen LogP contribution in [0, 0.1) is 0 Å². The number of carboxylic acid groups (broad SMARTS) is 1. The van der Waals surface area contributed by atoms with E-state index in [2.05, 4.69) is 4.98 Å². The van der Waals surface area contributed by atoms with Crippen molar-refractivity contribution in [2.75, 3.05) is 7.11 Å². The van der Waals surface area contributed by atoms with Gasteiger partial charge in [-0.2, -0.15) is 0 Å². The first-order valence-electron chi connectivity index (χ1n) is 9.61. The molecule has 1 N–H and O–H groups in total. The van der Waals surface area contributed by atoms with Gasteiger partial charge in [-0.3, -0.25) is 0 Å². The van der Waals surface area contributed by atoms with Crippen LogP contribution in [0.3, 0.4) is 0 Å². The second-order valence-corrected chi connectivity index (χ2v) is 6.97. The molecule has 0 bridgehead atoms. The van der Waals surface area contributed by atoms with Gasteiger partial charge in [-0.15, -0.1) is 0 Å². The molecule has 0 unspecified atom stereocenters. The minimum absolute atomic E-state index is 0.234. The largest absolute Gasteiger partial charge is 0.489 e. The molecule has 1 heterocycles. The van der Waals surface area contributed by atoms with E-state index in [1.165, 1.54) is 0 Å². The number of imidazole rings is 1. The van der Waals surface area contributed by atoms with Crippen LogP contribution in [0.25, 0.3) is 11.0 Å². The predicted octanol–water partition coefficient (Wildman–Crippen LogP) is 4.51. The molecule has 0 fully saturated rings. The summed E-state index contributed by atoms with van der Waals surface area (Å²) in [7, 11) is 1.62. The van der Waals surface area contributed by atoms with Crippen LogP contribution in [0.2, 0.25) is 0 Å². The Bertz CT molecular complexity index is 1150. The lowest BCUT2D eigenvalue weighted by Gasteiger charge is -2.11. The highest BCUT2D eigenvalue weighted by molar-refractivity contribution is 5.92. The van der Waals surface area contributed by atoms with Crippen LogP contribution in [0.15, 0.2) is 72.8 Å². The van der Waals surface area contributed by atoms with Crippen molar-refractivity contribution >= 4 is 17.0 Å². The molecular weight excluding hydrogens is 380 g/mol. The highest BCUT2D eigenvalue weighted by atomic mass is 16.5. The maximum Gasteiger partial charge on any atom is 0.335 e. The van der Waals surface area contributed by atoms with Crippen molar-refractivity contribution in [3.8, 4) is 5.75 Å². The third-order valence-corrected chi connectivity index (χ3v) is 4.86. The van der Waals surface area contributed by atoms with Crippen LogP contribution in [0.5, 0.6) is 5.75 Å². The molecular formula is C24H22N2O4. The number of aromatic carboxylic acids is 1. The minimum atomic E-state index is -0.960. The van der Waals surface area contributed by atoms with Crippen molar-refractivity contribution in [2.45, 2.75) is 19.8 Å². The molecule has 0 aliphatic heterocycles. The summed E-state index contributed by atoms with van der Waals surface area (Å²) >= 11 is 0. The monoisotopic (exact) mass is 402 g/mol. The molecule has 0 amide bonds. The fourth-order valence-corrected chi connectivity index (χ4v) is 3.34. The minimum Gasteiger partial charge on any atom is -0.489 e. The Morgan fingerprint density at radius 1 is 0.967 bits per heavy atom. The summed E-state index contributed by atoms with van der Waals surface area (Å²) in [6.07, 6.45) is 0. The second-order valence-electron chi connectivity index (χ2n) is 6.97. The zero-order chi connectivity index (χ0) is 20.9. The van der Waals surface area contributed by atoms with Gasteiger partial charge in [0.15, 0.2) is 0 Å². The maximum atomic E-state index is 11.4. The Balaban J connectivity index is 1.56. The quantitative estimate of drug-likeness (QED) is 0.469. The lowest BCUT2D eigenvalue weighted by atomic mass is 10.2. The van der Waals surface area contributed by atoms with Gasteiger partial charge in [-0.1, -0.05) is 42.5 Å². The predicted molar refractivity (Wildman–Crippen MR) is 114 cm³/mol. The SMILES string of the molecule is COCc1nc2ccc(C(=O)O)cc2n1Cc1ccc(OCc2ccccc2)cc1. The third kappa shape index (κ3) is 4.34. The number of carbonyl (C=O) groups is 1. The number of nitrogens with zero attached hydrogens (tertiary/aromatic N) is 2. The number of hydrogen-bond donors (Lipinski definition) is 1. The molecule has 6 nitrogen and oxygen atoms in total. The Labute approximate surface area is 174 Å². The summed E-state index contributed by atoms with van der Waals surface area (Å²) < 4.78 is 13.1. The van der Waals surface area contributed by atoms with Gasteiger partial charge in [0.05, 0.1) is 16.6 Å². The van der Waals surface area contributed by atoms with Gasteiger partial charge in [0.1, 0.15) is 24.8 Å². The number of benzene rings is 3. The van der Waals surface area contributed by atoms with Crippen LogP contribution >= 0.6 is 0 Å². The molecule has 0 saturated carbocycles. The molecule has 0 saturated heterocycles. The Hall–Kier alpha value is -3.64. The normalized spacial score (nSPS) is 11.0. The summed E-state index contributed by atoms with van der Waals surface area (Å²) in [5.74, 6) is 0.584. The molecule has 6 heteroatoms. The Kier molecular flexibility index (Phi) is 5.77. The Morgan fingerprint density at radius 3 is 2.43 bits per heavy atom. The van der Waals surface area contributed by atoms with Crippen LogP contribution in [-0.4, -0.2) is 27.7 Å². The first-order chi connectivity index (χ1) is 14.6. The van der Waals surface area contributed by atoms with Crippen molar-refractivity contribution < 1.29 is 19.4 Å². The number of rotatable bonds is 8.